The summed E-state index contributed by atoms with van der Waals surface area (Å²) in [5, 5.41) is 7.18. The highest BCUT2D eigenvalue weighted by molar-refractivity contribution is 14.0. The lowest BCUT2D eigenvalue weighted by atomic mass is 10.3. The highest BCUT2D eigenvalue weighted by Crippen LogP contribution is 2.16. The van der Waals surface area contributed by atoms with Crippen molar-refractivity contribution in [3.63, 3.8) is 0 Å². The number of halogens is 2. The molecule has 0 aliphatic carbocycles. The monoisotopic (exact) mass is 455 g/mol. The lowest BCUT2D eigenvalue weighted by molar-refractivity contribution is 0.145. The van der Waals surface area contributed by atoms with Crippen molar-refractivity contribution in [2.45, 2.75) is 26.4 Å². The third-order valence-corrected chi connectivity index (χ3v) is 3.15. The lowest BCUT2D eigenvalue weighted by Crippen LogP contribution is -2.42. The Morgan fingerprint density at radius 2 is 1.96 bits per heavy atom. The molecule has 7 heteroatoms. The number of nitrogens with zero attached hydrogens (tertiary/aromatic N) is 1. The van der Waals surface area contributed by atoms with E-state index in [9.17, 15) is 0 Å². The summed E-state index contributed by atoms with van der Waals surface area (Å²) < 4.78 is 11.1. The van der Waals surface area contributed by atoms with Crippen LogP contribution in [0.4, 0.5) is 0 Å². The van der Waals surface area contributed by atoms with Crippen LogP contribution in [0.5, 0.6) is 5.75 Å². The Morgan fingerprint density at radius 3 is 2.57 bits per heavy atom. The van der Waals surface area contributed by atoms with Gasteiger partial charge >= 0.3 is 0 Å². The molecule has 0 aromatic heterocycles. The predicted octanol–water partition coefficient (Wildman–Crippen LogP) is 3.32. The first-order valence-corrected chi connectivity index (χ1v) is 7.98. The fourth-order valence-electron chi connectivity index (χ4n) is 1.77. The van der Waals surface area contributed by atoms with Gasteiger partial charge in [-0.1, -0.05) is 11.6 Å². The Kier molecular flexibility index (Phi) is 13.3. The molecule has 0 saturated carbocycles. The quantitative estimate of drug-likeness (QED) is 0.260. The molecule has 0 bridgehead atoms. The first-order chi connectivity index (χ1) is 10.7. The van der Waals surface area contributed by atoms with Crippen LogP contribution in [-0.2, 0) is 4.74 Å². The fraction of sp³-hybridized carbons (Fsp3) is 0.562. The van der Waals surface area contributed by atoms with Gasteiger partial charge in [-0.3, -0.25) is 4.99 Å². The van der Waals surface area contributed by atoms with E-state index in [2.05, 4.69) is 15.6 Å². The van der Waals surface area contributed by atoms with Crippen molar-refractivity contribution in [3.05, 3.63) is 29.3 Å². The molecule has 2 N–H and O–H groups in total. The standard InChI is InChI=1S/C16H26ClN3O2.HI/c1-4-21-11-5-10-19-16(18-3)20-12-13(2)22-15-8-6-14(17)7-9-15;/h6-9,13H,4-5,10-12H2,1-3H3,(H2,18,19,20);1H. The van der Waals surface area contributed by atoms with E-state index in [1.165, 1.54) is 0 Å². The van der Waals surface area contributed by atoms with Gasteiger partial charge in [0.15, 0.2) is 5.96 Å². The van der Waals surface area contributed by atoms with E-state index >= 15 is 0 Å². The summed E-state index contributed by atoms with van der Waals surface area (Å²) in [4.78, 5) is 4.18. The molecular weight excluding hydrogens is 429 g/mol. The van der Waals surface area contributed by atoms with Crippen LogP contribution in [-0.4, -0.2) is 45.4 Å². The molecule has 132 valence electrons. The van der Waals surface area contributed by atoms with E-state index < -0.39 is 0 Å². The van der Waals surface area contributed by atoms with Gasteiger partial charge in [-0.2, -0.15) is 0 Å². The number of hydrogen-bond donors (Lipinski definition) is 2. The van der Waals surface area contributed by atoms with E-state index in [0.717, 1.165) is 37.9 Å². The molecule has 1 unspecified atom stereocenters. The van der Waals surface area contributed by atoms with Gasteiger partial charge in [0, 0.05) is 31.8 Å². The molecule has 0 saturated heterocycles. The van der Waals surface area contributed by atoms with Crippen molar-refractivity contribution in [1.29, 1.82) is 0 Å². The van der Waals surface area contributed by atoms with Crippen LogP contribution < -0.4 is 15.4 Å². The molecule has 1 aromatic carbocycles. The molecule has 1 aromatic rings. The summed E-state index contributed by atoms with van der Waals surface area (Å²) in [6.07, 6.45) is 0.967. The zero-order valence-corrected chi connectivity index (χ0v) is 17.1. The molecule has 5 nitrogen and oxygen atoms in total. The summed E-state index contributed by atoms with van der Waals surface area (Å²) in [6, 6.07) is 7.35. The van der Waals surface area contributed by atoms with Crippen LogP contribution in [0.25, 0.3) is 0 Å². The van der Waals surface area contributed by atoms with Gasteiger partial charge in [-0.15, -0.1) is 24.0 Å². The number of rotatable bonds is 9. The van der Waals surface area contributed by atoms with Crippen LogP contribution in [0.3, 0.4) is 0 Å². The number of guanidine groups is 1. The second-order valence-corrected chi connectivity index (χ2v) is 5.25. The zero-order chi connectivity index (χ0) is 16.2. The van der Waals surface area contributed by atoms with Crippen molar-refractivity contribution in [3.8, 4) is 5.75 Å². The van der Waals surface area contributed by atoms with Gasteiger partial charge in [0.1, 0.15) is 11.9 Å². The number of nitrogens with one attached hydrogen (secondary N) is 2. The van der Waals surface area contributed by atoms with Gasteiger partial charge in [0.2, 0.25) is 0 Å². The average molecular weight is 456 g/mol. The van der Waals surface area contributed by atoms with Crippen molar-refractivity contribution in [1.82, 2.24) is 10.6 Å². The molecule has 0 aliphatic heterocycles. The largest absolute Gasteiger partial charge is 0.489 e. The van der Waals surface area contributed by atoms with Crippen molar-refractivity contribution in [2.75, 3.05) is 33.4 Å². The van der Waals surface area contributed by atoms with Crippen LogP contribution in [0.1, 0.15) is 20.3 Å². The Morgan fingerprint density at radius 1 is 1.26 bits per heavy atom. The fourth-order valence-corrected chi connectivity index (χ4v) is 1.90. The third kappa shape index (κ3) is 10.6. The highest BCUT2D eigenvalue weighted by atomic mass is 127. The van der Waals surface area contributed by atoms with E-state index in [4.69, 9.17) is 21.1 Å². The second-order valence-electron chi connectivity index (χ2n) is 4.81. The summed E-state index contributed by atoms with van der Waals surface area (Å²) in [7, 11) is 1.75. The molecule has 0 amide bonds. The second kappa shape index (κ2) is 13.7. The molecular formula is C16H27ClIN3O2. The Balaban J connectivity index is 0.00000484. The van der Waals surface area contributed by atoms with Crippen molar-refractivity contribution < 1.29 is 9.47 Å². The summed E-state index contributed by atoms with van der Waals surface area (Å²) in [5.41, 5.74) is 0. The van der Waals surface area contributed by atoms with E-state index in [1.807, 2.05) is 38.1 Å². The third-order valence-electron chi connectivity index (χ3n) is 2.89. The molecule has 1 atom stereocenters. The predicted molar refractivity (Wildman–Crippen MR) is 107 cm³/mol. The van der Waals surface area contributed by atoms with E-state index in [1.54, 1.807) is 7.05 Å². The number of hydrogen-bond acceptors (Lipinski definition) is 3. The average Bonchev–Trinajstić information content (AvgIpc) is 2.52. The minimum absolute atomic E-state index is 0. The number of aliphatic imine (C=N–C) groups is 1. The SMILES string of the molecule is CCOCCCNC(=NC)NCC(C)Oc1ccc(Cl)cc1.I. The minimum Gasteiger partial charge on any atom is -0.489 e. The maximum absolute atomic E-state index is 5.85. The molecule has 0 spiro atoms. The molecule has 0 fully saturated rings. The zero-order valence-electron chi connectivity index (χ0n) is 14.0. The highest BCUT2D eigenvalue weighted by Gasteiger charge is 2.05. The van der Waals surface area contributed by atoms with Gasteiger partial charge in [-0.05, 0) is 44.5 Å². The van der Waals surface area contributed by atoms with Crippen LogP contribution >= 0.6 is 35.6 Å². The minimum atomic E-state index is 0. The molecule has 0 radical (unpaired) electrons. The first kappa shape index (κ1) is 22.3. The smallest absolute Gasteiger partial charge is 0.191 e. The van der Waals surface area contributed by atoms with E-state index in [0.29, 0.717) is 11.6 Å². The maximum atomic E-state index is 5.85. The first-order valence-electron chi connectivity index (χ1n) is 7.60. The van der Waals surface area contributed by atoms with Crippen LogP contribution in [0, 0.1) is 0 Å². The van der Waals surface area contributed by atoms with Crippen molar-refractivity contribution >= 4 is 41.5 Å². The summed E-state index contributed by atoms with van der Waals surface area (Å²) in [5.74, 6) is 1.57. The Hall–Kier alpha value is -0.730. The van der Waals surface area contributed by atoms with Gasteiger partial charge < -0.3 is 20.1 Å². The van der Waals surface area contributed by atoms with Gasteiger partial charge in [0.25, 0.3) is 0 Å². The molecule has 23 heavy (non-hydrogen) atoms. The Bertz CT molecular complexity index is 443. The number of benzene rings is 1. The topological polar surface area (TPSA) is 54.9 Å². The van der Waals surface area contributed by atoms with Crippen molar-refractivity contribution in [2.24, 2.45) is 4.99 Å². The summed E-state index contributed by atoms with van der Waals surface area (Å²) in [6.45, 7) is 7.00. The van der Waals surface area contributed by atoms with Crippen LogP contribution in [0.2, 0.25) is 5.02 Å². The lowest BCUT2D eigenvalue weighted by Gasteiger charge is -2.17. The van der Waals surface area contributed by atoms with E-state index in [-0.39, 0.29) is 30.1 Å². The molecule has 0 aliphatic rings. The van der Waals surface area contributed by atoms with Gasteiger partial charge in [0.05, 0.1) is 6.54 Å². The summed E-state index contributed by atoms with van der Waals surface area (Å²) >= 11 is 5.85. The Labute approximate surface area is 161 Å². The number of ether oxygens (including phenoxy) is 2. The van der Waals surface area contributed by atoms with Crippen LogP contribution in [0.15, 0.2) is 29.3 Å². The normalized spacial score (nSPS) is 12.3. The maximum Gasteiger partial charge on any atom is 0.191 e. The molecule has 1 rings (SSSR count). The van der Waals surface area contributed by atoms with Gasteiger partial charge in [-0.25, -0.2) is 0 Å². The molecule has 0 heterocycles.